The Bertz CT molecular complexity index is 647. The number of hydrogen-bond acceptors (Lipinski definition) is 2. The van der Waals surface area contributed by atoms with Crippen molar-refractivity contribution in [2.24, 2.45) is 7.05 Å². The van der Waals surface area contributed by atoms with Crippen LogP contribution in [0.15, 0.2) is 18.2 Å². The second kappa shape index (κ2) is 4.91. The van der Waals surface area contributed by atoms with Crippen LogP contribution in [0.5, 0.6) is 0 Å². The molecule has 0 aliphatic carbocycles. The van der Waals surface area contributed by atoms with Gasteiger partial charge in [0.25, 0.3) is 0 Å². The van der Waals surface area contributed by atoms with Gasteiger partial charge in [-0.2, -0.15) is 5.10 Å². The predicted molar refractivity (Wildman–Crippen MR) is 67.1 cm³/mol. The molecule has 0 saturated carbocycles. The normalized spacial score (nSPS) is 10.8. The summed E-state index contributed by atoms with van der Waals surface area (Å²) < 4.78 is 29.0. The van der Waals surface area contributed by atoms with E-state index < -0.39 is 23.0 Å². The van der Waals surface area contributed by atoms with E-state index >= 15 is 0 Å². The number of halogens is 2. The van der Waals surface area contributed by atoms with Crippen LogP contribution in [0.2, 0.25) is 0 Å². The zero-order chi connectivity index (χ0) is 14.2. The number of hydrogen-bond donors (Lipinski definition) is 0. The number of aryl methyl sites for hydroxylation is 3. The summed E-state index contributed by atoms with van der Waals surface area (Å²) >= 11 is 0. The molecule has 0 unspecified atom stereocenters. The van der Waals surface area contributed by atoms with Crippen molar-refractivity contribution in [3.63, 3.8) is 0 Å². The lowest BCUT2D eigenvalue weighted by Gasteiger charge is -2.06. The fraction of sp³-hybridized carbons (Fsp3) is 0.286. The van der Waals surface area contributed by atoms with E-state index in [1.165, 1.54) is 13.0 Å². The van der Waals surface area contributed by atoms with Crippen LogP contribution < -0.4 is 0 Å². The summed E-state index contributed by atoms with van der Waals surface area (Å²) in [6.07, 6.45) is -0.0748. The Hall–Kier alpha value is -2.04. The first-order valence-electron chi connectivity index (χ1n) is 5.87. The highest BCUT2D eigenvalue weighted by Crippen LogP contribution is 2.18. The molecular weight excluding hydrogens is 250 g/mol. The molecule has 2 rings (SSSR count). The quantitative estimate of drug-likeness (QED) is 0.799. The van der Waals surface area contributed by atoms with Gasteiger partial charge in [0.2, 0.25) is 0 Å². The molecule has 19 heavy (non-hydrogen) atoms. The second-order valence-electron chi connectivity index (χ2n) is 4.55. The van der Waals surface area contributed by atoms with Crippen molar-refractivity contribution in [3.05, 3.63) is 52.3 Å². The van der Waals surface area contributed by atoms with Gasteiger partial charge >= 0.3 is 0 Å². The zero-order valence-electron chi connectivity index (χ0n) is 11.0. The van der Waals surface area contributed by atoms with Crippen LogP contribution in [0.25, 0.3) is 0 Å². The lowest BCUT2D eigenvalue weighted by atomic mass is 10.0. The highest BCUT2D eigenvalue weighted by molar-refractivity contribution is 5.98. The first-order chi connectivity index (χ1) is 8.90. The van der Waals surface area contributed by atoms with Crippen molar-refractivity contribution < 1.29 is 13.6 Å². The summed E-state index contributed by atoms with van der Waals surface area (Å²) in [6.45, 7) is 3.29. The lowest BCUT2D eigenvalue weighted by molar-refractivity contribution is 0.0982. The van der Waals surface area contributed by atoms with Crippen molar-refractivity contribution in [3.8, 4) is 0 Å². The molecule has 0 radical (unpaired) electrons. The van der Waals surface area contributed by atoms with Crippen LogP contribution in [0, 0.1) is 25.5 Å². The predicted octanol–water partition coefficient (Wildman–Crippen LogP) is 2.74. The van der Waals surface area contributed by atoms with Gasteiger partial charge in [-0.3, -0.25) is 9.48 Å². The number of ketones is 1. The molecule has 1 aromatic heterocycles. The van der Waals surface area contributed by atoms with Crippen LogP contribution in [0.1, 0.15) is 27.3 Å². The fourth-order valence-corrected chi connectivity index (χ4v) is 1.99. The van der Waals surface area contributed by atoms with Crippen molar-refractivity contribution in [2.75, 3.05) is 0 Å². The molecule has 3 nitrogen and oxygen atoms in total. The molecule has 1 aromatic carbocycles. The summed E-state index contributed by atoms with van der Waals surface area (Å²) in [5.41, 5.74) is 1.17. The molecular formula is C14H14F2N2O. The minimum atomic E-state index is -0.827. The van der Waals surface area contributed by atoms with Crippen molar-refractivity contribution in [2.45, 2.75) is 20.3 Å². The number of Topliss-reactive ketones (excluding diaryl/α,β-unsaturated/α-hetero) is 1. The fourth-order valence-electron chi connectivity index (χ4n) is 1.99. The van der Waals surface area contributed by atoms with E-state index in [9.17, 15) is 13.6 Å². The molecule has 0 N–H and O–H groups in total. The third kappa shape index (κ3) is 2.54. The molecule has 0 fully saturated rings. The highest BCUT2D eigenvalue weighted by atomic mass is 19.1. The van der Waals surface area contributed by atoms with Crippen molar-refractivity contribution in [1.29, 1.82) is 0 Å². The lowest BCUT2D eigenvalue weighted by Crippen LogP contribution is -2.12. The van der Waals surface area contributed by atoms with Gasteiger partial charge in [-0.25, -0.2) is 8.78 Å². The van der Waals surface area contributed by atoms with Crippen LogP contribution >= 0.6 is 0 Å². The average Bonchev–Trinajstić information content (AvgIpc) is 2.63. The average molecular weight is 264 g/mol. The first kappa shape index (κ1) is 13.4. The number of carbonyl (C=O) groups is 1. The summed E-state index contributed by atoms with van der Waals surface area (Å²) in [5.74, 6) is -2.20. The SMILES string of the molecule is Cc1cc(CC(=O)c2c(F)ccc(C)c2F)n(C)n1. The largest absolute Gasteiger partial charge is 0.294 e. The van der Waals surface area contributed by atoms with E-state index in [1.54, 1.807) is 24.7 Å². The van der Waals surface area contributed by atoms with E-state index in [1.807, 2.05) is 0 Å². The molecule has 0 saturated heterocycles. The van der Waals surface area contributed by atoms with Gasteiger partial charge in [0.15, 0.2) is 5.78 Å². The van der Waals surface area contributed by atoms with Gasteiger partial charge in [0, 0.05) is 12.7 Å². The third-order valence-electron chi connectivity index (χ3n) is 3.00. The third-order valence-corrected chi connectivity index (χ3v) is 3.00. The summed E-state index contributed by atoms with van der Waals surface area (Å²) in [5, 5.41) is 4.10. The van der Waals surface area contributed by atoms with Gasteiger partial charge in [-0.1, -0.05) is 6.07 Å². The molecule has 0 bridgehead atoms. The molecule has 0 spiro atoms. The topological polar surface area (TPSA) is 34.9 Å². The Kier molecular flexibility index (Phi) is 3.46. The maximum Gasteiger partial charge on any atom is 0.174 e. The number of nitrogens with zero attached hydrogens (tertiary/aromatic N) is 2. The Morgan fingerprint density at radius 3 is 2.58 bits per heavy atom. The second-order valence-corrected chi connectivity index (χ2v) is 4.55. The maximum absolute atomic E-state index is 13.8. The number of rotatable bonds is 3. The molecule has 0 atom stereocenters. The van der Waals surface area contributed by atoms with E-state index in [0.29, 0.717) is 5.69 Å². The van der Waals surface area contributed by atoms with Crippen LogP contribution in [0.4, 0.5) is 8.78 Å². The van der Waals surface area contributed by atoms with Gasteiger partial charge in [0.05, 0.1) is 17.7 Å². The molecule has 0 aliphatic rings. The van der Waals surface area contributed by atoms with Crippen LogP contribution in [-0.2, 0) is 13.5 Å². The number of benzene rings is 1. The van der Waals surface area contributed by atoms with Gasteiger partial charge < -0.3 is 0 Å². The smallest absolute Gasteiger partial charge is 0.174 e. The Morgan fingerprint density at radius 1 is 1.32 bits per heavy atom. The van der Waals surface area contributed by atoms with E-state index in [2.05, 4.69) is 5.10 Å². The monoisotopic (exact) mass is 264 g/mol. The summed E-state index contributed by atoms with van der Waals surface area (Å²) in [6, 6.07) is 4.15. The van der Waals surface area contributed by atoms with E-state index in [4.69, 9.17) is 0 Å². The van der Waals surface area contributed by atoms with Crippen molar-refractivity contribution >= 4 is 5.78 Å². The number of carbonyl (C=O) groups excluding carboxylic acids is 1. The highest BCUT2D eigenvalue weighted by Gasteiger charge is 2.20. The van der Waals surface area contributed by atoms with Crippen LogP contribution in [-0.4, -0.2) is 15.6 Å². The molecule has 5 heteroatoms. The minimum absolute atomic E-state index is 0.0748. The molecule has 0 amide bonds. The maximum atomic E-state index is 13.8. The zero-order valence-corrected chi connectivity index (χ0v) is 11.0. The Labute approximate surface area is 109 Å². The van der Waals surface area contributed by atoms with Crippen molar-refractivity contribution in [1.82, 2.24) is 9.78 Å². The molecule has 100 valence electrons. The minimum Gasteiger partial charge on any atom is -0.294 e. The van der Waals surface area contributed by atoms with E-state index in [0.717, 1.165) is 11.8 Å². The Balaban J connectivity index is 2.36. The van der Waals surface area contributed by atoms with E-state index in [-0.39, 0.29) is 12.0 Å². The molecule has 1 heterocycles. The van der Waals surface area contributed by atoms with Crippen LogP contribution in [0.3, 0.4) is 0 Å². The van der Waals surface area contributed by atoms with Gasteiger partial charge in [-0.05, 0) is 31.5 Å². The molecule has 0 aliphatic heterocycles. The molecule has 2 aromatic rings. The van der Waals surface area contributed by atoms with Gasteiger partial charge in [0.1, 0.15) is 11.6 Å². The summed E-state index contributed by atoms with van der Waals surface area (Å²) in [7, 11) is 1.69. The first-order valence-corrected chi connectivity index (χ1v) is 5.87. The Morgan fingerprint density at radius 2 is 2.00 bits per heavy atom. The number of aromatic nitrogens is 2. The van der Waals surface area contributed by atoms with Gasteiger partial charge in [-0.15, -0.1) is 0 Å². The standard InChI is InChI=1S/C14H14F2N2O/c1-8-4-5-11(15)13(14(8)16)12(19)7-10-6-9(2)17-18(10)3/h4-6H,7H2,1-3H3. The summed E-state index contributed by atoms with van der Waals surface area (Å²) in [4.78, 5) is 12.0.